The van der Waals surface area contributed by atoms with Gasteiger partial charge in [-0.2, -0.15) is 15.0 Å². The van der Waals surface area contributed by atoms with Gasteiger partial charge in [-0.3, -0.25) is 0 Å². The molecule has 0 spiro atoms. The summed E-state index contributed by atoms with van der Waals surface area (Å²) >= 11 is 0. The maximum Gasteiger partial charge on any atom is 1.00 e. The molecule has 16 heteroatoms. The number of anilines is 3. The smallest absolute Gasteiger partial charge is 0.744 e. The van der Waals surface area contributed by atoms with Crippen molar-refractivity contribution in [1.29, 1.82) is 0 Å². The molecule has 0 saturated heterocycles. The summed E-state index contributed by atoms with van der Waals surface area (Å²) in [7, 11) is -10.4. The van der Waals surface area contributed by atoms with Gasteiger partial charge in [-0.1, -0.05) is 194 Å². The Labute approximate surface area is 400 Å². The van der Waals surface area contributed by atoms with Crippen molar-refractivity contribution in [3.05, 3.63) is 203 Å². The fourth-order valence-electron chi connectivity index (χ4n) is 5.66. The number of nitrogens with zero attached hydrogens (tertiary/aromatic N) is 3. The Kier molecular flexibility index (Phi) is 19.9. The monoisotopic (exact) mass is 868 g/mol. The molecule has 0 amide bonds. The van der Waals surface area contributed by atoms with Crippen LogP contribution in [0.1, 0.15) is 33.4 Å². The summed E-state index contributed by atoms with van der Waals surface area (Å²) in [6, 6.07) is 51.8. The quantitative estimate of drug-likeness (QED) is 0.107. The van der Waals surface area contributed by atoms with Crippen LogP contribution in [0.15, 0.2) is 170 Å². The number of benzene rings is 6. The molecule has 298 valence electrons. The van der Waals surface area contributed by atoms with E-state index in [1.54, 1.807) is 12.1 Å². The van der Waals surface area contributed by atoms with Crippen molar-refractivity contribution in [2.45, 2.75) is 0 Å². The molecule has 1 heterocycles. The summed E-state index contributed by atoms with van der Waals surface area (Å²) < 4.78 is 69.5. The van der Waals surface area contributed by atoms with Crippen molar-refractivity contribution < 1.29 is 85.1 Å². The minimum atomic E-state index is -5.20. The van der Waals surface area contributed by atoms with Gasteiger partial charge in [-0.15, -0.1) is 0 Å². The van der Waals surface area contributed by atoms with Crippen LogP contribution >= 0.6 is 0 Å². The Balaban J connectivity index is 0.000000268. The summed E-state index contributed by atoms with van der Waals surface area (Å²) in [5, 5.41) is 0. The predicted octanol–water partition coefficient (Wildman–Crippen LogP) is 1.92. The van der Waals surface area contributed by atoms with E-state index in [0.717, 1.165) is 0 Å². The summed E-state index contributed by atoms with van der Waals surface area (Å²) in [5.41, 5.74) is 22.4. The fraction of sp³-hybridized carbons (Fsp3) is 0. The van der Waals surface area contributed by atoms with E-state index in [9.17, 15) is 25.9 Å². The van der Waals surface area contributed by atoms with E-state index in [4.69, 9.17) is 17.2 Å². The van der Waals surface area contributed by atoms with Gasteiger partial charge >= 0.3 is 59.1 Å². The van der Waals surface area contributed by atoms with E-state index in [1.807, 2.05) is 12.1 Å². The molecule has 0 saturated carbocycles. The van der Waals surface area contributed by atoms with Gasteiger partial charge < -0.3 is 26.3 Å². The molecule has 12 nitrogen and oxygen atoms in total. The van der Waals surface area contributed by atoms with Crippen molar-refractivity contribution in [2.24, 2.45) is 0 Å². The van der Waals surface area contributed by atoms with E-state index < -0.39 is 30.0 Å². The first kappa shape index (κ1) is 50.1. The van der Waals surface area contributed by atoms with E-state index in [2.05, 4.69) is 136 Å². The molecule has 7 aromatic rings. The summed E-state index contributed by atoms with van der Waals surface area (Å²) in [4.78, 5) is 8.37. The average molecular weight is 869 g/mol. The van der Waals surface area contributed by atoms with Crippen LogP contribution in [0.4, 0.5) is 17.8 Å². The van der Waals surface area contributed by atoms with E-state index in [1.165, 1.54) is 81.9 Å². The van der Waals surface area contributed by atoms with Crippen LogP contribution in [-0.2, 0) is 20.2 Å². The number of nitrogen functional groups attached to an aromatic ring is 3. The minimum absolute atomic E-state index is 0. The molecule has 1 aromatic heterocycles. The van der Waals surface area contributed by atoms with E-state index in [0.29, 0.717) is 0 Å². The number of hydrogen-bond donors (Lipinski definition) is 3. The minimum Gasteiger partial charge on any atom is -0.744 e. The molecule has 7 rings (SSSR count). The molecule has 0 fully saturated rings. The first-order chi connectivity index (χ1) is 28.3. The first-order valence-electron chi connectivity index (χ1n) is 17.7. The third-order valence-electron chi connectivity index (χ3n) is 8.19. The normalized spacial score (nSPS) is 11.4. The van der Waals surface area contributed by atoms with Crippen LogP contribution in [0.2, 0.25) is 0 Å². The molecule has 0 aliphatic rings. The second kappa shape index (κ2) is 24.3. The molecule has 61 heavy (non-hydrogen) atoms. The van der Waals surface area contributed by atoms with Crippen molar-refractivity contribution in [2.75, 3.05) is 17.2 Å². The Morgan fingerprint density at radius 2 is 0.770 bits per heavy atom. The van der Waals surface area contributed by atoms with Crippen molar-refractivity contribution in [3.63, 3.8) is 0 Å². The van der Waals surface area contributed by atoms with Gasteiger partial charge in [0.2, 0.25) is 17.8 Å². The first-order valence-corrected chi connectivity index (χ1v) is 20.6. The van der Waals surface area contributed by atoms with Crippen LogP contribution in [0.3, 0.4) is 0 Å². The molecule has 0 unspecified atom stereocenters. The molecule has 6 N–H and O–H groups in total. The molecule has 0 radical (unpaired) electrons. The van der Waals surface area contributed by atoms with Gasteiger partial charge in [0.15, 0.2) is 0 Å². The number of hydrogen-bond acceptors (Lipinski definition) is 12. The summed E-state index contributed by atoms with van der Waals surface area (Å²) in [5.74, 6) is 0.125. The van der Waals surface area contributed by atoms with Crippen molar-refractivity contribution in [3.8, 4) is 11.1 Å². The molecule has 0 atom stereocenters. The fourth-order valence-corrected chi connectivity index (χ4v) is 7.81. The van der Waals surface area contributed by atoms with Gasteiger partial charge in [0.05, 0.1) is 9.81 Å². The predicted molar refractivity (Wildman–Crippen MR) is 235 cm³/mol. The second-order valence-electron chi connectivity index (χ2n) is 12.4. The largest absolute Gasteiger partial charge is 1.00 e. The Morgan fingerprint density at radius 3 is 1.15 bits per heavy atom. The number of rotatable bonds is 9. The summed E-state index contributed by atoms with van der Waals surface area (Å²) in [6.45, 7) is 0. The molecule has 0 aliphatic heterocycles. The molecule has 0 aliphatic carbocycles. The van der Waals surface area contributed by atoms with E-state index in [-0.39, 0.29) is 88.1 Å². The SMILES string of the molecule is C(=Cc1cccc(-c2ccccc2)c1C=Cc1ccccc1)c1ccccc1.Nc1nc(N)nc(N)n1.O=S(=O)([O-])C(=C(c1ccccc1)S(=O)(=O)[O-])c1ccccc1.[Na+].[Na+]. The number of aromatic nitrogens is 3. The third kappa shape index (κ3) is 15.6. The van der Waals surface area contributed by atoms with Crippen LogP contribution in [0.25, 0.3) is 45.2 Å². The van der Waals surface area contributed by atoms with E-state index >= 15 is 0 Å². The second-order valence-corrected chi connectivity index (χ2v) is 15.0. The number of nitrogens with two attached hydrogens (primary N) is 3. The zero-order valence-corrected chi connectivity index (χ0v) is 38.9. The van der Waals surface area contributed by atoms with Gasteiger partial charge in [0.1, 0.15) is 20.2 Å². The Bertz CT molecular complexity index is 2660. The van der Waals surface area contributed by atoms with Crippen LogP contribution in [-0.4, -0.2) is 40.9 Å². The summed E-state index contributed by atoms with van der Waals surface area (Å²) in [6.07, 6.45) is 8.78. The standard InChI is InChI=1S/C28H22.C14H12O6S2.C3H6N6.2Na/c1-4-11-23(12-5-1)19-21-26-17-10-18-27(25-15-8-3-9-16-25)28(26)22-20-24-13-6-2-7-14-24;15-21(16,17)13(11-7-3-1-4-8-11)14(22(18,19)20)12-9-5-2-6-10-12;4-1-7-2(5)9-3(6)8-1;;/h1-22H;1-10H,(H,15,16,17)(H,18,19,20);(H6,4,5,6,7,8,9);;/q;;;2*+1/p-2. The van der Waals surface area contributed by atoms with Gasteiger partial charge in [0, 0.05) is 0 Å². The third-order valence-corrected chi connectivity index (χ3v) is 10.2. The van der Waals surface area contributed by atoms with Crippen molar-refractivity contribution >= 4 is 72.2 Å². The molecule has 6 aromatic carbocycles. The Morgan fingerprint density at radius 1 is 0.426 bits per heavy atom. The van der Waals surface area contributed by atoms with Gasteiger partial charge in [0.25, 0.3) is 0 Å². The van der Waals surface area contributed by atoms with Gasteiger partial charge in [-0.05, 0) is 44.5 Å². The maximum absolute atomic E-state index is 11.6. The zero-order valence-electron chi connectivity index (χ0n) is 33.3. The average Bonchev–Trinajstić information content (AvgIpc) is 3.22. The van der Waals surface area contributed by atoms with Crippen molar-refractivity contribution in [1.82, 2.24) is 15.0 Å². The van der Waals surface area contributed by atoms with Crippen LogP contribution in [0.5, 0.6) is 0 Å². The maximum atomic E-state index is 11.6. The molecular weight excluding hydrogens is 831 g/mol. The molecule has 0 bridgehead atoms. The topological polar surface area (TPSA) is 231 Å². The Hall–Kier alpha value is -5.23. The van der Waals surface area contributed by atoms with Crippen LogP contribution in [0, 0.1) is 0 Å². The molecular formula is C45H38N6Na2O6S2. The zero-order chi connectivity index (χ0) is 42.3. The van der Waals surface area contributed by atoms with Crippen LogP contribution < -0.4 is 76.3 Å². The van der Waals surface area contributed by atoms with Gasteiger partial charge in [-0.25, -0.2) is 16.8 Å².